The fourth-order valence-electron chi connectivity index (χ4n) is 2.32. The first-order valence-corrected chi connectivity index (χ1v) is 10.2. The van der Waals surface area contributed by atoms with E-state index in [0.29, 0.717) is 17.3 Å². The van der Waals surface area contributed by atoms with Crippen LogP contribution < -0.4 is 15.4 Å². The molecule has 3 aromatic rings. The van der Waals surface area contributed by atoms with Gasteiger partial charge >= 0.3 is 0 Å². The number of nitrogens with one attached hydrogen (secondary N) is 3. The lowest BCUT2D eigenvalue weighted by molar-refractivity contribution is 0.601. The van der Waals surface area contributed by atoms with E-state index in [-0.39, 0.29) is 10.8 Å². The maximum absolute atomic E-state index is 12.4. The van der Waals surface area contributed by atoms with Gasteiger partial charge in [0.15, 0.2) is 5.11 Å². The molecular formula is C17H19N7O2S2. The molecule has 0 unspecified atom stereocenters. The third-order valence-corrected chi connectivity index (χ3v) is 5.58. The number of sulfonamides is 1. The molecule has 11 heteroatoms. The smallest absolute Gasteiger partial charge is 0.264 e. The second-order valence-corrected chi connectivity index (χ2v) is 7.98. The van der Waals surface area contributed by atoms with Crippen LogP contribution in [-0.2, 0) is 23.6 Å². The summed E-state index contributed by atoms with van der Waals surface area (Å²) in [6.07, 6.45) is 4.70. The molecule has 0 saturated carbocycles. The highest BCUT2D eigenvalue weighted by atomic mass is 32.2. The Morgan fingerprint density at radius 2 is 1.86 bits per heavy atom. The van der Waals surface area contributed by atoms with Crippen LogP contribution >= 0.6 is 12.2 Å². The molecule has 0 aliphatic carbocycles. The molecule has 0 fully saturated rings. The number of nitrogens with zero attached hydrogens (tertiary/aromatic N) is 4. The van der Waals surface area contributed by atoms with Gasteiger partial charge in [0.1, 0.15) is 0 Å². The van der Waals surface area contributed by atoms with Crippen molar-refractivity contribution in [3.63, 3.8) is 0 Å². The number of aromatic nitrogens is 4. The summed E-state index contributed by atoms with van der Waals surface area (Å²) in [6, 6.07) is 7.81. The van der Waals surface area contributed by atoms with Gasteiger partial charge in [-0.25, -0.2) is 23.1 Å². The number of rotatable bonds is 6. The minimum absolute atomic E-state index is 0.0146. The van der Waals surface area contributed by atoms with Gasteiger partial charge in [-0.3, -0.25) is 4.68 Å². The van der Waals surface area contributed by atoms with Gasteiger partial charge in [-0.2, -0.15) is 5.10 Å². The zero-order valence-corrected chi connectivity index (χ0v) is 16.9. The van der Waals surface area contributed by atoms with Gasteiger partial charge in [0.2, 0.25) is 5.95 Å². The zero-order chi connectivity index (χ0) is 20.1. The summed E-state index contributed by atoms with van der Waals surface area (Å²) in [4.78, 5) is 7.80. The molecular weight excluding hydrogens is 398 g/mol. The molecule has 0 atom stereocenters. The van der Waals surface area contributed by atoms with Gasteiger partial charge in [-0.05, 0) is 49.5 Å². The molecule has 1 aromatic carbocycles. The van der Waals surface area contributed by atoms with Crippen molar-refractivity contribution in [3.8, 4) is 0 Å². The standard InChI is InChI=1S/C17H19N7O2S2/c1-12-13(11-21-24(12)2)10-20-17(27)22-14-4-6-15(7-5-14)28(25,26)23-16-18-8-3-9-19-16/h3-9,11H,10H2,1-2H3,(H,18,19,23)(H2,20,22,27). The average Bonchev–Trinajstić information content (AvgIpc) is 2.99. The van der Waals surface area contributed by atoms with E-state index in [1.807, 2.05) is 14.0 Å². The summed E-state index contributed by atoms with van der Waals surface area (Å²) in [5.74, 6) is 0.0146. The van der Waals surface area contributed by atoms with Crippen LogP contribution in [0.15, 0.2) is 53.8 Å². The van der Waals surface area contributed by atoms with E-state index < -0.39 is 10.0 Å². The summed E-state index contributed by atoms with van der Waals surface area (Å²) in [5, 5.41) is 10.7. The van der Waals surface area contributed by atoms with Gasteiger partial charge in [0.25, 0.3) is 10.0 Å². The van der Waals surface area contributed by atoms with Crippen molar-refractivity contribution in [2.45, 2.75) is 18.4 Å². The van der Waals surface area contributed by atoms with Crippen molar-refractivity contribution in [3.05, 3.63) is 60.2 Å². The highest BCUT2D eigenvalue weighted by Gasteiger charge is 2.15. The molecule has 0 amide bonds. The topological polar surface area (TPSA) is 114 Å². The van der Waals surface area contributed by atoms with Crippen LogP contribution in [-0.4, -0.2) is 33.3 Å². The SMILES string of the molecule is Cc1c(CNC(=S)Nc2ccc(S(=O)(=O)Nc3ncccn3)cc2)cnn1C. The maximum Gasteiger partial charge on any atom is 0.264 e. The summed E-state index contributed by atoms with van der Waals surface area (Å²) >= 11 is 5.28. The highest BCUT2D eigenvalue weighted by molar-refractivity contribution is 7.92. The minimum atomic E-state index is -3.77. The molecule has 9 nitrogen and oxygen atoms in total. The molecule has 0 spiro atoms. The molecule has 146 valence electrons. The molecule has 2 aromatic heterocycles. The first-order chi connectivity index (χ1) is 13.3. The van der Waals surface area contributed by atoms with Gasteiger partial charge in [0.05, 0.1) is 11.1 Å². The lowest BCUT2D eigenvalue weighted by atomic mass is 10.2. The Labute approximate surface area is 168 Å². The molecule has 28 heavy (non-hydrogen) atoms. The van der Waals surface area contributed by atoms with Crippen LogP contribution in [0.3, 0.4) is 0 Å². The Bertz CT molecular complexity index is 1060. The Morgan fingerprint density at radius 1 is 1.18 bits per heavy atom. The quantitative estimate of drug-likeness (QED) is 0.521. The highest BCUT2D eigenvalue weighted by Crippen LogP contribution is 2.16. The van der Waals surface area contributed by atoms with Crippen molar-refractivity contribution < 1.29 is 8.42 Å². The third-order valence-electron chi connectivity index (χ3n) is 3.99. The van der Waals surface area contributed by atoms with Crippen LogP contribution in [0.25, 0.3) is 0 Å². The number of thiocarbonyl (C=S) groups is 1. The second kappa shape index (κ2) is 8.31. The van der Waals surface area contributed by atoms with E-state index in [2.05, 4.69) is 30.4 Å². The van der Waals surface area contributed by atoms with Crippen LogP contribution in [0.5, 0.6) is 0 Å². The first kappa shape index (κ1) is 19.7. The van der Waals surface area contributed by atoms with E-state index in [9.17, 15) is 8.42 Å². The number of hydrogen-bond donors (Lipinski definition) is 3. The number of hydrogen-bond acceptors (Lipinski definition) is 6. The van der Waals surface area contributed by atoms with Gasteiger partial charge < -0.3 is 10.6 Å². The summed E-state index contributed by atoms with van der Waals surface area (Å²) in [5.41, 5.74) is 2.76. The zero-order valence-electron chi connectivity index (χ0n) is 15.2. The molecule has 3 N–H and O–H groups in total. The molecule has 0 bridgehead atoms. The fourth-order valence-corrected chi connectivity index (χ4v) is 3.46. The van der Waals surface area contributed by atoms with E-state index in [1.165, 1.54) is 24.5 Å². The lowest BCUT2D eigenvalue weighted by Crippen LogP contribution is -2.28. The second-order valence-electron chi connectivity index (χ2n) is 5.89. The molecule has 3 rings (SSSR count). The third kappa shape index (κ3) is 4.81. The predicted molar refractivity (Wildman–Crippen MR) is 110 cm³/mol. The van der Waals surface area contributed by atoms with Gasteiger partial charge in [0, 0.05) is 42.9 Å². The van der Waals surface area contributed by atoms with Crippen molar-refractivity contribution in [1.29, 1.82) is 0 Å². The van der Waals surface area contributed by atoms with E-state index >= 15 is 0 Å². The fraction of sp³-hybridized carbons (Fsp3) is 0.176. The summed E-state index contributed by atoms with van der Waals surface area (Å²) in [7, 11) is -1.89. The Hall–Kier alpha value is -3.05. The van der Waals surface area contributed by atoms with Crippen molar-refractivity contribution in [1.82, 2.24) is 25.1 Å². The van der Waals surface area contributed by atoms with Crippen LogP contribution in [0.1, 0.15) is 11.3 Å². The maximum atomic E-state index is 12.4. The molecule has 0 saturated heterocycles. The van der Waals surface area contributed by atoms with E-state index in [1.54, 1.807) is 29.1 Å². The number of benzene rings is 1. The normalized spacial score (nSPS) is 11.1. The minimum Gasteiger partial charge on any atom is -0.358 e. The molecule has 0 aliphatic rings. The largest absolute Gasteiger partial charge is 0.358 e. The number of anilines is 2. The number of aryl methyl sites for hydroxylation is 1. The van der Waals surface area contributed by atoms with Crippen LogP contribution in [0.2, 0.25) is 0 Å². The molecule has 2 heterocycles. The lowest BCUT2D eigenvalue weighted by Gasteiger charge is -2.11. The first-order valence-electron chi connectivity index (χ1n) is 8.27. The van der Waals surface area contributed by atoms with E-state index in [4.69, 9.17) is 12.2 Å². The summed E-state index contributed by atoms with van der Waals surface area (Å²) < 4.78 is 28.9. The van der Waals surface area contributed by atoms with Crippen molar-refractivity contribution >= 4 is 39.0 Å². The van der Waals surface area contributed by atoms with Gasteiger partial charge in [-0.1, -0.05) is 0 Å². The Morgan fingerprint density at radius 3 is 2.46 bits per heavy atom. The Kier molecular flexibility index (Phi) is 5.85. The van der Waals surface area contributed by atoms with E-state index in [0.717, 1.165) is 11.3 Å². The predicted octanol–water partition coefficient (Wildman–Crippen LogP) is 1.81. The molecule has 0 aliphatic heterocycles. The van der Waals surface area contributed by atoms with Crippen molar-refractivity contribution in [2.75, 3.05) is 10.0 Å². The van der Waals surface area contributed by atoms with Crippen LogP contribution in [0, 0.1) is 6.92 Å². The summed E-state index contributed by atoms with van der Waals surface area (Å²) in [6.45, 7) is 2.52. The Balaban J connectivity index is 1.59. The monoisotopic (exact) mass is 417 g/mol. The van der Waals surface area contributed by atoms with Crippen molar-refractivity contribution in [2.24, 2.45) is 7.05 Å². The van der Waals surface area contributed by atoms with Gasteiger partial charge in [-0.15, -0.1) is 0 Å². The molecule has 0 radical (unpaired) electrons. The van der Waals surface area contributed by atoms with Crippen LogP contribution in [0.4, 0.5) is 11.6 Å². The average molecular weight is 418 g/mol.